The zero-order valence-corrected chi connectivity index (χ0v) is 23.8. The van der Waals surface area contributed by atoms with Crippen molar-refractivity contribution in [2.24, 2.45) is 5.92 Å². The average molecular weight is 564 g/mol. The fourth-order valence-electron chi connectivity index (χ4n) is 6.13. The predicted molar refractivity (Wildman–Crippen MR) is 159 cm³/mol. The molecule has 2 saturated heterocycles. The normalized spacial score (nSPS) is 20.4. The Hall–Kier alpha value is -3.00. The Morgan fingerprint density at radius 3 is 2.50 bits per heavy atom. The van der Waals surface area contributed by atoms with E-state index in [-0.39, 0.29) is 11.7 Å². The highest BCUT2D eigenvalue weighted by Gasteiger charge is 2.35. The van der Waals surface area contributed by atoms with Crippen LogP contribution in [0.4, 0.5) is 10.1 Å². The van der Waals surface area contributed by atoms with Gasteiger partial charge in [-0.3, -0.25) is 19.6 Å². The first-order valence-corrected chi connectivity index (χ1v) is 14.8. The molecule has 2 atom stereocenters. The molecule has 0 spiro atoms. The van der Waals surface area contributed by atoms with Crippen LogP contribution in [0.1, 0.15) is 30.5 Å². The van der Waals surface area contributed by atoms with Crippen molar-refractivity contribution in [3.05, 3.63) is 95.0 Å². The smallest absolute Gasteiger partial charge is 0.220 e. The second-order valence-corrected chi connectivity index (χ2v) is 11.3. The van der Waals surface area contributed by atoms with Gasteiger partial charge in [-0.25, -0.2) is 4.39 Å². The highest BCUT2D eigenvalue weighted by atomic mass is 35.5. The fourth-order valence-corrected chi connectivity index (χ4v) is 6.25. The predicted octanol–water partition coefficient (Wildman–Crippen LogP) is 5.03. The van der Waals surface area contributed by atoms with Gasteiger partial charge in [0, 0.05) is 76.0 Å². The van der Waals surface area contributed by atoms with Crippen LogP contribution < -0.4 is 10.2 Å². The van der Waals surface area contributed by atoms with E-state index in [0.29, 0.717) is 30.6 Å². The van der Waals surface area contributed by atoms with Crippen LogP contribution in [0.2, 0.25) is 5.02 Å². The summed E-state index contributed by atoms with van der Waals surface area (Å²) in [7, 11) is 0. The largest absolute Gasteiger partial charge is 0.367 e. The number of carbonyl (C=O) groups excluding carboxylic acids is 1. The van der Waals surface area contributed by atoms with Crippen LogP contribution in [0.25, 0.3) is 0 Å². The van der Waals surface area contributed by atoms with Crippen molar-refractivity contribution in [3.63, 3.8) is 0 Å². The van der Waals surface area contributed by atoms with E-state index in [0.717, 1.165) is 81.4 Å². The molecule has 0 radical (unpaired) electrons. The maximum Gasteiger partial charge on any atom is 0.220 e. The molecule has 5 rings (SSSR count). The molecule has 1 aromatic heterocycles. The molecule has 0 aliphatic carbocycles. The highest BCUT2D eigenvalue weighted by Crippen LogP contribution is 2.29. The second-order valence-electron chi connectivity index (χ2n) is 10.9. The summed E-state index contributed by atoms with van der Waals surface area (Å²) >= 11 is 5.98. The second kappa shape index (κ2) is 14.1. The van der Waals surface area contributed by atoms with E-state index in [4.69, 9.17) is 11.6 Å². The van der Waals surface area contributed by atoms with Gasteiger partial charge in [0.1, 0.15) is 5.82 Å². The standard InChI is InChI=1S/C32H39ClFN5O/c33-27-11-8-25(9-12-27)14-17-36-32(40)13-10-26-23-37(24-28-5-3-4-16-35-28)18-15-30(26)38-19-21-39(22-20-38)31-7-2-1-6-29(31)34/h1-9,11-12,16,26,30H,10,13-15,17-24H2,(H,36,40)/t26-,30+/m0/s1. The van der Waals surface area contributed by atoms with Crippen molar-refractivity contribution < 1.29 is 9.18 Å². The third-order valence-corrected chi connectivity index (χ3v) is 8.51. The van der Waals surface area contributed by atoms with Crippen LogP contribution in [0.5, 0.6) is 0 Å². The lowest BCUT2D eigenvalue weighted by atomic mass is 9.86. The van der Waals surface area contributed by atoms with Crippen molar-refractivity contribution in [3.8, 4) is 0 Å². The van der Waals surface area contributed by atoms with E-state index < -0.39 is 0 Å². The molecule has 2 aliphatic heterocycles. The highest BCUT2D eigenvalue weighted by molar-refractivity contribution is 6.30. The molecule has 6 nitrogen and oxygen atoms in total. The number of amides is 1. The summed E-state index contributed by atoms with van der Waals surface area (Å²) in [6.07, 6.45) is 5.08. The first-order chi connectivity index (χ1) is 19.5. The summed E-state index contributed by atoms with van der Waals surface area (Å²) in [5.74, 6) is 0.345. The number of nitrogens with one attached hydrogen (secondary N) is 1. The van der Waals surface area contributed by atoms with Gasteiger partial charge in [-0.1, -0.05) is 41.9 Å². The molecule has 3 aromatic rings. The molecule has 3 heterocycles. The molecule has 2 aliphatic rings. The first-order valence-electron chi connectivity index (χ1n) is 14.4. The Kier molecular flexibility index (Phi) is 10.0. The van der Waals surface area contributed by atoms with Gasteiger partial charge < -0.3 is 10.2 Å². The molecule has 2 fully saturated rings. The SMILES string of the molecule is O=C(CC[C@H]1CN(Cc2ccccn2)CC[C@H]1N1CCN(c2ccccc2F)CC1)NCCc1ccc(Cl)cc1. The van der Waals surface area contributed by atoms with Crippen LogP contribution in [-0.4, -0.2) is 72.5 Å². The zero-order valence-electron chi connectivity index (χ0n) is 23.0. The average Bonchev–Trinajstić information content (AvgIpc) is 2.98. The summed E-state index contributed by atoms with van der Waals surface area (Å²) in [5.41, 5.74) is 2.94. The Bertz CT molecular complexity index is 1220. The third kappa shape index (κ3) is 7.80. The maximum atomic E-state index is 14.4. The number of piperidine rings is 1. The van der Waals surface area contributed by atoms with Crippen molar-refractivity contribution in [2.45, 2.75) is 38.3 Å². The van der Waals surface area contributed by atoms with E-state index in [1.54, 1.807) is 6.07 Å². The quantitative estimate of drug-likeness (QED) is 0.375. The minimum absolute atomic E-state index is 0.110. The number of piperazine rings is 1. The molecular weight excluding hydrogens is 525 g/mol. The van der Waals surface area contributed by atoms with Gasteiger partial charge >= 0.3 is 0 Å². The Balaban J connectivity index is 1.16. The van der Waals surface area contributed by atoms with Crippen molar-refractivity contribution in [1.29, 1.82) is 0 Å². The molecule has 1 N–H and O–H groups in total. The number of nitrogens with zero attached hydrogens (tertiary/aromatic N) is 4. The molecule has 2 aromatic carbocycles. The molecule has 0 saturated carbocycles. The topological polar surface area (TPSA) is 51.7 Å². The van der Waals surface area contributed by atoms with Crippen LogP contribution in [0.15, 0.2) is 72.9 Å². The molecule has 8 heteroatoms. The van der Waals surface area contributed by atoms with Gasteiger partial charge in [-0.2, -0.15) is 0 Å². The first kappa shape index (κ1) is 28.5. The number of benzene rings is 2. The Morgan fingerprint density at radius 2 is 1.75 bits per heavy atom. The van der Waals surface area contributed by atoms with Crippen molar-refractivity contribution in [1.82, 2.24) is 20.1 Å². The number of pyridine rings is 1. The molecule has 40 heavy (non-hydrogen) atoms. The van der Waals surface area contributed by atoms with Crippen molar-refractivity contribution in [2.75, 3.05) is 50.7 Å². The molecule has 1 amide bonds. The van der Waals surface area contributed by atoms with Gasteiger partial charge in [0.05, 0.1) is 11.4 Å². The zero-order chi connectivity index (χ0) is 27.7. The van der Waals surface area contributed by atoms with E-state index in [9.17, 15) is 9.18 Å². The van der Waals surface area contributed by atoms with Gasteiger partial charge in [0.25, 0.3) is 0 Å². The summed E-state index contributed by atoms with van der Waals surface area (Å²) in [6.45, 7) is 6.86. The van der Waals surface area contributed by atoms with Gasteiger partial charge in [0.15, 0.2) is 0 Å². The number of rotatable bonds is 10. The number of aromatic nitrogens is 1. The minimum Gasteiger partial charge on any atom is -0.367 e. The summed E-state index contributed by atoms with van der Waals surface area (Å²) in [5, 5.41) is 3.83. The summed E-state index contributed by atoms with van der Waals surface area (Å²) in [4.78, 5) is 24.6. The molecular formula is C32H39ClFN5O. The monoisotopic (exact) mass is 563 g/mol. The van der Waals surface area contributed by atoms with E-state index >= 15 is 0 Å². The van der Waals surface area contributed by atoms with E-state index in [1.165, 1.54) is 6.07 Å². The lowest BCUT2D eigenvalue weighted by Gasteiger charge is -2.47. The number of carbonyl (C=O) groups is 1. The Labute approximate surface area is 242 Å². The van der Waals surface area contributed by atoms with Crippen LogP contribution in [0.3, 0.4) is 0 Å². The third-order valence-electron chi connectivity index (χ3n) is 8.26. The van der Waals surface area contributed by atoms with E-state index in [2.05, 4.69) is 31.1 Å². The van der Waals surface area contributed by atoms with Gasteiger partial charge in [-0.15, -0.1) is 0 Å². The minimum atomic E-state index is -0.154. The lowest BCUT2D eigenvalue weighted by molar-refractivity contribution is -0.121. The van der Waals surface area contributed by atoms with Crippen LogP contribution in [-0.2, 0) is 17.8 Å². The van der Waals surface area contributed by atoms with E-state index in [1.807, 2.05) is 54.7 Å². The summed E-state index contributed by atoms with van der Waals surface area (Å²) < 4.78 is 14.4. The Morgan fingerprint density at radius 1 is 0.975 bits per heavy atom. The summed E-state index contributed by atoms with van der Waals surface area (Å²) in [6, 6.07) is 21.3. The van der Waals surface area contributed by atoms with Crippen molar-refractivity contribution >= 4 is 23.2 Å². The number of hydrogen-bond donors (Lipinski definition) is 1. The number of anilines is 1. The van der Waals surface area contributed by atoms with Crippen LogP contribution in [0, 0.1) is 11.7 Å². The van der Waals surface area contributed by atoms with Gasteiger partial charge in [0.2, 0.25) is 5.91 Å². The maximum absolute atomic E-state index is 14.4. The number of para-hydroxylation sites is 1. The lowest BCUT2D eigenvalue weighted by Crippen LogP contribution is -2.57. The number of halogens is 2. The fraction of sp³-hybridized carbons (Fsp3) is 0.438. The molecule has 0 unspecified atom stereocenters. The number of likely N-dealkylation sites (tertiary alicyclic amines) is 1. The molecule has 212 valence electrons. The van der Waals surface area contributed by atoms with Gasteiger partial charge in [-0.05, 0) is 67.1 Å². The number of hydrogen-bond acceptors (Lipinski definition) is 5. The van der Waals surface area contributed by atoms with Crippen LogP contribution >= 0.6 is 11.6 Å². The molecule has 0 bridgehead atoms.